The number of anilines is 1. The summed E-state index contributed by atoms with van der Waals surface area (Å²) in [5.41, 5.74) is 7.35. The Bertz CT molecular complexity index is 454. The highest BCUT2D eigenvalue weighted by molar-refractivity contribution is 5.92. The lowest BCUT2D eigenvalue weighted by atomic mass is 9.97. The number of nitrogens with one attached hydrogen (secondary N) is 1. The molecule has 0 bridgehead atoms. The van der Waals surface area contributed by atoms with Crippen molar-refractivity contribution in [2.75, 3.05) is 5.32 Å². The summed E-state index contributed by atoms with van der Waals surface area (Å²) < 4.78 is 0. The van der Waals surface area contributed by atoms with Crippen molar-refractivity contribution >= 4 is 17.9 Å². The number of hydrogen-bond acceptors (Lipinski definition) is 3. The maximum atomic E-state index is 12.3. The van der Waals surface area contributed by atoms with Gasteiger partial charge in [0.2, 0.25) is 5.91 Å². The summed E-state index contributed by atoms with van der Waals surface area (Å²) in [4.78, 5) is 22.9. The lowest BCUT2D eigenvalue weighted by molar-refractivity contribution is -0.120. The van der Waals surface area contributed by atoms with Crippen molar-refractivity contribution in [2.45, 2.75) is 52.0 Å². The number of benzene rings is 1. The third kappa shape index (κ3) is 6.08. The predicted octanol–water partition coefficient (Wildman–Crippen LogP) is 2.91. The van der Waals surface area contributed by atoms with Gasteiger partial charge in [-0.2, -0.15) is 0 Å². The average molecular weight is 290 g/mol. The smallest absolute Gasteiger partial charge is 0.227 e. The van der Waals surface area contributed by atoms with Crippen LogP contribution in [0.5, 0.6) is 0 Å². The average Bonchev–Trinajstić information content (AvgIpc) is 2.47. The second-order valence-electron chi connectivity index (χ2n) is 5.47. The highest BCUT2D eigenvalue weighted by atomic mass is 16.1. The Hall–Kier alpha value is -1.68. The van der Waals surface area contributed by atoms with Gasteiger partial charge in [0, 0.05) is 11.6 Å². The molecule has 0 heterocycles. The fourth-order valence-corrected chi connectivity index (χ4v) is 2.44. The topological polar surface area (TPSA) is 72.2 Å². The molecule has 1 aromatic carbocycles. The van der Waals surface area contributed by atoms with E-state index in [0.717, 1.165) is 43.2 Å². The lowest BCUT2D eigenvalue weighted by Crippen LogP contribution is -2.24. The highest BCUT2D eigenvalue weighted by Gasteiger charge is 2.16. The molecular formula is C17H26N2O2. The predicted molar refractivity (Wildman–Crippen MR) is 86.1 cm³/mol. The molecule has 0 radical (unpaired) electrons. The van der Waals surface area contributed by atoms with Gasteiger partial charge in [0.05, 0.1) is 6.04 Å². The standard InChI is InChI=1S/C17H26N2O2/c1-3-6-14(7-4-2)17(21)19-16-9-5-8-13(11-16)10-15(18)12-20/h5,8-9,11-12,14-15H,3-4,6-7,10,18H2,1-2H3,(H,19,21). The first kappa shape index (κ1) is 17.4. The number of carbonyl (C=O) groups is 2. The molecule has 4 heteroatoms. The molecule has 0 fully saturated rings. The summed E-state index contributed by atoms with van der Waals surface area (Å²) in [5.74, 6) is 0.149. The molecule has 0 aliphatic rings. The van der Waals surface area contributed by atoms with Crippen molar-refractivity contribution in [3.63, 3.8) is 0 Å². The molecule has 1 rings (SSSR count). The van der Waals surface area contributed by atoms with Gasteiger partial charge in [-0.1, -0.05) is 38.8 Å². The minimum atomic E-state index is -0.496. The molecule has 0 aliphatic carbocycles. The Kier molecular flexibility index (Phi) is 7.69. The highest BCUT2D eigenvalue weighted by Crippen LogP contribution is 2.18. The Morgan fingerprint density at radius 1 is 1.29 bits per heavy atom. The van der Waals surface area contributed by atoms with Gasteiger partial charge < -0.3 is 15.8 Å². The van der Waals surface area contributed by atoms with E-state index in [1.165, 1.54) is 0 Å². The summed E-state index contributed by atoms with van der Waals surface area (Å²) in [5, 5.41) is 2.98. The Balaban J connectivity index is 2.70. The van der Waals surface area contributed by atoms with E-state index in [1.807, 2.05) is 24.3 Å². The third-order valence-electron chi connectivity index (χ3n) is 3.49. The molecule has 0 saturated heterocycles. The number of amides is 1. The van der Waals surface area contributed by atoms with Crippen LogP contribution in [0.25, 0.3) is 0 Å². The van der Waals surface area contributed by atoms with Crippen molar-refractivity contribution in [3.8, 4) is 0 Å². The van der Waals surface area contributed by atoms with Crippen molar-refractivity contribution in [3.05, 3.63) is 29.8 Å². The maximum absolute atomic E-state index is 12.3. The van der Waals surface area contributed by atoms with E-state index in [0.29, 0.717) is 6.42 Å². The first-order valence-electron chi connectivity index (χ1n) is 7.71. The lowest BCUT2D eigenvalue weighted by Gasteiger charge is -2.16. The SMILES string of the molecule is CCCC(CCC)C(=O)Nc1cccc(CC(N)C=O)c1. The Morgan fingerprint density at radius 2 is 1.95 bits per heavy atom. The largest absolute Gasteiger partial charge is 0.326 e. The summed E-state index contributed by atoms with van der Waals surface area (Å²) in [6.07, 6.45) is 5.06. The summed E-state index contributed by atoms with van der Waals surface area (Å²) in [6.45, 7) is 4.19. The van der Waals surface area contributed by atoms with Gasteiger partial charge in [0.1, 0.15) is 6.29 Å². The van der Waals surface area contributed by atoms with Crippen LogP contribution in [-0.2, 0) is 16.0 Å². The van der Waals surface area contributed by atoms with Gasteiger partial charge in [0.25, 0.3) is 0 Å². The molecule has 0 aromatic heterocycles. The van der Waals surface area contributed by atoms with Crippen LogP contribution in [0.4, 0.5) is 5.69 Å². The van der Waals surface area contributed by atoms with E-state index in [4.69, 9.17) is 5.73 Å². The van der Waals surface area contributed by atoms with E-state index < -0.39 is 6.04 Å². The first-order valence-corrected chi connectivity index (χ1v) is 7.71. The Morgan fingerprint density at radius 3 is 2.52 bits per heavy atom. The molecule has 0 saturated carbocycles. The van der Waals surface area contributed by atoms with Gasteiger partial charge in [-0.15, -0.1) is 0 Å². The normalized spacial score (nSPS) is 12.2. The van der Waals surface area contributed by atoms with E-state index >= 15 is 0 Å². The van der Waals surface area contributed by atoms with Crippen LogP contribution in [0, 0.1) is 5.92 Å². The number of hydrogen-bond donors (Lipinski definition) is 2. The molecular weight excluding hydrogens is 264 g/mol. The van der Waals surface area contributed by atoms with Crippen molar-refractivity contribution in [1.29, 1.82) is 0 Å². The van der Waals surface area contributed by atoms with Gasteiger partial charge in [-0.05, 0) is 37.0 Å². The molecule has 1 amide bonds. The van der Waals surface area contributed by atoms with Crippen LogP contribution in [0.3, 0.4) is 0 Å². The number of rotatable bonds is 9. The molecule has 0 spiro atoms. The van der Waals surface area contributed by atoms with E-state index in [9.17, 15) is 9.59 Å². The zero-order valence-electron chi connectivity index (χ0n) is 13.0. The zero-order chi connectivity index (χ0) is 15.7. The van der Waals surface area contributed by atoms with Gasteiger partial charge in [-0.3, -0.25) is 4.79 Å². The second kappa shape index (κ2) is 9.29. The third-order valence-corrected chi connectivity index (χ3v) is 3.49. The van der Waals surface area contributed by atoms with Crippen LogP contribution < -0.4 is 11.1 Å². The number of carbonyl (C=O) groups excluding carboxylic acids is 2. The number of nitrogens with two attached hydrogens (primary N) is 1. The molecule has 4 nitrogen and oxygen atoms in total. The van der Waals surface area contributed by atoms with Gasteiger partial charge >= 0.3 is 0 Å². The maximum Gasteiger partial charge on any atom is 0.227 e. The molecule has 0 aliphatic heterocycles. The van der Waals surface area contributed by atoms with Gasteiger partial charge in [0.15, 0.2) is 0 Å². The minimum Gasteiger partial charge on any atom is -0.326 e. The molecule has 21 heavy (non-hydrogen) atoms. The van der Waals surface area contributed by atoms with Crippen molar-refractivity contribution in [2.24, 2.45) is 11.7 Å². The van der Waals surface area contributed by atoms with E-state index in [1.54, 1.807) is 0 Å². The summed E-state index contributed by atoms with van der Waals surface area (Å²) >= 11 is 0. The van der Waals surface area contributed by atoms with Crippen LogP contribution in [0.15, 0.2) is 24.3 Å². The van der Waals surface area contributed by atoms with Gasteiger partial charge in [-0.25, -0.2) is 0 Å². The summed E-state index contributed by atoms with van der Waals surface area (Å²) in [6, 6.07) is 7.04. The first-order chi connectivity index (χ1) is 10.1. The van der Waals surface area contributed by atoms with Crippen LogP contribution in [0.1, 0.15) is 45.1 Å². The fraction of sp³-hybridized carbons (Fsp3) is 0.529. The molecule has 1 atom stereocenters. The van der Waals surface area contributed by atoms with Crippen LogP contribution in [0.2, 0.25) is 0 Å². The Labute approximate surface area is 127 Å². The van der Waals surface area contributed by atoms with Crippen LogP contribution in [-0.4, -0.2) is 18.2 Å². The van der Waals surface area contributed by atoms with Crippen LogP contribution >= 0.6 is 0 Å². The number of aldehydes is 1. The molecule has 1 unspecified atom stereocenters. The van der Waals surface area contributed by atoms with Crippen molar-refractivity contribution in [1.82, 2.24) is 0 Å². The summed E-state index contributed by atoms with van der Waals surface area (Å²) in [7, 11) is 0. The van der Waals surface area contributed by atoms with Crippen molar-refractivity contribution < 1.29 is 9.59 Å². The minimum absolute atomic E-state index is 0.0703. The quantitative estimate of drug-likeness (QED) is 0.687. The monoisotopic (exact) mass is 290 g/mol. The second-order valence-corrected chi connectivity index (χ2v) is 5.47. The zero-order valence-corrected chi connectivity index (χ0v) is 13.0. The van der Waals surface area contributed by atoms with E-state index in [-0.39, 0.29) is 11.8 Å². The molecule has 1 aromatic rings. The molecule has 3 N–H and O–H groups in total. The molecule has 116 valence electrons. The van der Waals surface area contributed by atoms with E-state index in [2.05, 4.69) is 19.2 Å². The fourth-order valence-electron chi connectivity index (χ4n) is 2.44.